The van der Waals surface area contributed by atoms with Gasteiger partial charge in [0, 0.05) is 16.4 Å². The zero-order chi connectivity index (χ0) is 23.1. The van der Waals surface area contributed by atoms with E-state index in [2.05, 4.69) is 35.7 Å². The van der Waals surface area contributed by atoms with E-state index in [1.807, 2.05) is 6.92 Å². The van der Waals surface area contributed by atoms with Crippen molar-refractivity contribution in [3.05, 3.63) is 6.33 Å². The molecule has 2 saturated heterocycles. The second-order valence-corrected chi connectivity index (χ2v) is 13.4. The normalized spacial score (nSPS) is 30.5. The van der Waals surface area contributed by atoms with Crippen LogP contribution in [0.1, 0.15) is 33.9 Å². The molecule has 2 aliphatic heterocycles. The van der Waals surface area contributed by atoms with E-state index in [0.29, 0.717) is 16.9 Å². The highest BCUT2D eigenvalue weighted by Crippen LogP contribution is 2.58. The molecular formula is C18H28N5O6PS2. The molecule has 1 unspecified atom stereocenters. The maximum Gasteiger partial charge on any atom is 0.475 e. The van der Waals surface area contributed by atoms with E-state index < -0.39 is 26.3 Å². The molecule has 5 atom stereocenters. The summed E-state index contributed by atoms with van der Waals surface area (Å²) >= 11 is 0. The van der Waals surface area contributed by atoms with Gasteiger partial charge in [0.25, 0.3) is 0 Å². The molecule has 0 amide bonds. The Morgan fingerprint density at radius 3 is 2.88 bits per heavy atom. The summed E-state index contributed by atoms with van der Waals surface area (Å²) in [4.78, 5) is 12.7. The van der Waals surface area contributed by atoms with Crippen molar-refractivity contribution in [2.45, 2.75) is 50.9 Å². The highest BCUT2D eigenvalue weighted by Gasteiger charge is 2.52. The third kappa shape index (κ3) is 5.03. The van der Waals surface area contributed by atoms with Crippen LogP contribution in [0.3, 0.4) is 0 Å². The van der Waals surface area contributed by atoms with Crippen LogP contribution in [0.2, 0.25) is 0 Å². The van der Waals surface area contributed by atoms with Gasteiger partial charge in [-0.05, 0) is 0 Å². The van der Waals surface area contributed by atoms with Crippen LogP contribution in [0.15, 0.2) is 6.33 Å². The van der Waals surface area contributed by atoms with Gasteiger partial charge >= 0.3 is 7.82 Å². The van der Waals surface area contributed by atoms with Crippen LogP contribution < -0.4 is 10.5 Å². The molecule has 0 aromatic carbocycles. The lowest BCUT2D eigenvalue weighted by Gasteiger charge is -2.31. The maximum atomic E-state index is 13.0. The average Bonchev–Trinajstić information content (AvgIpc) is 3.27. The Hall–Kier alpha value is -1.08. The number of hydrogen-bond acceptors (Lipinski definition) is 12. The van der Waals surface area contributed by atoms with Crippen LogP contribution in [0.25, 0.3) is 11.2 Å². The number of nitrogen functional groups attached to an aromatic ring is 1. The van der Waals surface area contributed by atoms with Crippen LogP contribution >= 0.6 is 29.4 Å². The number of imidazole rings is 1. The summed E-state index contributed by atoms with van der Waals surface area (Å²) in [5, 5.41) is 0. The van der Waals surface area contributed by atoms with Crippen molar-refractivity contribution in [3.63, 3.8) is 0 Å². The Morgan fingerprint density at radius 2 is 2.16 bits per heavy atom. The van der Waals surface area contributed by atoms with Gasteiger partial charge in [0.1, 0.15) is 18.4 Å². The number of nitrogens with two attached hydrogens (primary N) is 1. The molecule has 32 heavy (non-hydrogen) atoms. The van der Waals surface area contributed by atoms with E-state index in [4.69, 9.17) is 28.8 Å². The lowest BCUT2D eigenvalue weighted by molar-refractivity contribution is -0.0700. The Balaban J connectivity index is 1.43. The first kappa shape index (κ1) is 24.1. The van der Waals surface area contributed by atoms with Gasteiger partial charge in [0.05, 0.1) is 26.7 Å². The summed E-state index contributed by atoms with van der Waals surface area (Å²) in [5.74, 6) is 0.852. The highest BCUT2D eigenvalue weighted by molar-refractivity contribution is 8.77. The molecule has 2 aliphatic rings. The number of methoxy groups -OCH3 is 1. The maximum absolute atomic E-state index is 13.0. The number of nitrogens with zero attached hydrogens (tertiary/aromatic N) is 4. The number of fused-ring (bicyclic) bond motifs is 2. The predicted molar refractivity (Wildman–Crippen MR) is 124 cm³/mol. The second kappa shape index (κ2) is 9.28. The minimum Gasteiger partial charge on any atom is -0.479 e. The van der Waals surface area contributed by atoms with E-state index in [1.165, 1.54) is 7.11 Å². The molecular weight excluding hydrogens is 477 g/mol. The number of hydrogen-bond donors (Lipinski definition) is 1. The number of aromatic nitrogens is 4. The fourth-order valence-electron chi connectivity index (χ4n) is 3.55. The predicted octanol–water partition coefficient (Wildman–Crippen LogP) is 3.67. The first-order valence-corrected chi connectivity index (χ1v) is 14.0. The van der Waals surface area contributed by atoms with E-state index in [1.54, 1.807) is 32.5 Å². The molecule has 0 bridgehead atoms. The smallest absolute Gasteiger partial charge is 0.475 e. The topological polar surface area (TPSA) is 133 Å². The monoisotopic (exact) mass is 505 g/mol. The van der Waals surface area contributed by atoms with Crippen LogP contribution in [-0.2, 0) is 22.9 Å². The fourth-order valence-corrected chi connectivity index (χ4v) is 7.24. The van der Waals surface area contributed by atoms with Gasteiger partial charge in [-0.1, -0.05) is 49.3 Å². The largest absolute Gasteiger partial charge is 0.479 e. The van der Waals surface area contributed by atoms with Crippen molar-refractivity contribution in [2.24, 2.45) is 5.92 Å². The van der Waals surface area contributed by atoms with Crippen LogP contribution in [0, 0.1) is 5.92 Å². The van der Waals surface area contributed by atoms with E-state index in [0.717, 1.165) is 0 Å². The quantitative estimate of drug-likeness (QED) is 0.334. The molecule has 0 aliphatic carbocycles. The van der Waals surface area contributed by atoms with Crippen molar-refractivity contribution in [1.29, 1.82) is 0 Å². The van der Waals surface area contributed by atoms with Crippen LogP contribution in [0.5, 0.6) is 5.88 Å². The van der Waals surface area contributed by atoms with E-state index in [-0.39, 0.29) is 35.7 Å². The highest BCUT2D eigenvalue weighted by atomic mass is 33.1. The Bertz CT molecular complexity index is 1020. The zero-order valence-corrected chi connectivity index (χ0v) is 21.1. The first-order chi connectivity index (χ1) is 15.1. The van der Waals surface area contributed by atoms with Gasteiger partial charge in [0.15, 0.2) is 11.2 Å². The van der Waals surface area contributed by atoms with Crippen LogP contribution in [-0.4, -0.2) is 62.6 Å². The number of anilines is 1. The van der Waals surface area contributed by atoms with Gasteiger partial charge in [0.2, 0.25) is 11.8 Å². The molecule has 14 heteroatoms. The summed E-state index contributed by atoms with van der Waals surface area (Å²) in [6.07, 6.45) is 0.267. The van der Waals surface area contributed by atoms with Crippen LogP contribution in [0.4, 0.5) is 5.95 Å². The molecule has 4 rings (SSSR count). The summed E-state index contributed by atoms with van der Waals surface area (Å²) in [5.41, 5.74) is 6.78. The first-order valence-electron chi connectivity index (χ1n) is 10.2. The molecule has 178 valence electrons. The minimum absolute atomic E-state index is 0.0687. The van der Waals surface area contributed by atoms with E-state index in [9.17, 15) is 4.57 Å². The van der Waals surface area contributed by atoms with Crippen molar-refractivity contribution >= 4 is 46.5 Å². The molecule has 11 nitrogen and oxygen atoms in total. The van der Waals surface area contributed by atoms with Gasteiger partial charge < -0.3 is 15.2 Å². The third-order valence-corrected chi connectivity index (χ3v) is 9.67. The number of phosphoric ester groups is 1. The molecule has 4 heterocycles. The lowest BCUT2D eigenvalue weighted by Crippen LogP contribution is -2.36. The van der Waals surface area contributed by atoms with E-state index >= 15 is 0 Å². The van der Waals surface area contributed by atoms with Crippen molar-refractivity contribution in [3.8, 4) is 5.88 Å². The second-order valence-electron chi connectivity index (χ2n) is 8.50. The van der Waals surface area contributed by atoms with Gasteiger partial charge in [-0.15, -0.1) is 0 Å². The van der Waals surface area contributed by atoms with Gasteiger partial charge in [-0.2, -0.15) is 9.97 Å². The number of phosphoric acid groups is 1. The fraction of sp³-hybridized carbons (Fsp3) is 0.722. The Kier molecular flexibility index (Phi) is 6.98. The number of ether oxygens (including phenoxy) is 2. The van der Waals surface area contributed by atoms with Crippen molar-refractivity contribution in [2.75, 3.05) is 31.8 Å². The molecule has 2 aromatic heterocycles. The number of rotatable bonds is 7. The Labute approximate surface area is 194 Å². The minimum atomic E-state index is -3.67. The van der Waals surface area contributed by atoms with Crippen molar-refractivity contribution < 1.29 is 27.6 Å². The summed E-state index contributed by atoms with van der Waals surface area (Å²) in [6, 6.07) is 0. The molecule has 0 radical (unpaired) electrons. The van der Waals surface area contributed by atoms with Gasteiger partial charge in [-0.25, -0.2) is 9.55 Å². The SMILES string of the molecule is COc1nc(N)nc2c1ncn2[C@@H]1O[C@@H]2COP(=O)(OCCSSC(C)(C)C)O[C@H]2[C@@H]1C. The van der Waals surface area contributed by atoms with Gasteiger partial charge in [-0.3, -0.25) is 18.1 Å². The third-order valence-electron chi connectivity index (χ3n) is 4.90. The summed E-state index contributed by atoms with van der Waals surface area (Å²) in [7, 11) is 1.24. The Morgan fingerprint density at radius 1 is 1.38 bits per heavy atom. The summed E-state index contributed by atoms with van der Waals surface area (Å²) < 4.78 is 43.1. The van der Waals surface area contributed by atoms with Crippen molar-refractivity contribution in [1.82, 2.24) is 19.5 Å². The lowest BCUT2D eigenvalue weighted by atomic mass is 10.0. The molecule has 2 aromatic rings. The molecule has 0 spiro atoms. The molecule has 2 fully saturated rings. The molecule has 2 N–H and O–H groups in total. The standard InChI is InChI=1S/C18H28N5O6PS2/c1-10-13-11(8-27-30(24,29-13)26-6-7-31-32-18(2,3)4)28-16(10)23-9-20-12-14(23)21-17(19)22-15(12)25-5/h9-11,13,16H,6-8H2,1-5H3,(H2,19,21,22)/t10-,11+,13-,16+,30?/m0/s1. The average molecular weight is 506 g/mol. The zero-order valence-electron chi connectivity index (χ0n) is 18.6. The summed E-state index contributed by atoms with van der Waals surface area (Å²) in [6.45, 7) is 8.74. The molecule has 0 saturated carbocycles.